The molecule has 0 spiro atoms. The van der Waals surface area contributed by atoms with Gasteiger partial charge in [-0.05, 0) is 60.4 Å². The van der Waals surface area contributed by atoms with E-state index in [1.807, 2.05) is 18.2 Å². The van der Waals surface area contributed by atoms with Crippen LogP contribution in [0.4, 0.5) is 0 Å². The number of imide groups is 1. The van der Waals surface area contributed by atoms with E-state index in [1.54, 1.807) is 24.3 Å². The molecule has 1 heterocycles. The molecule has 164 valence electrons. The lowest BCUT2D eigenvalue weighted by molar-refractivity contribution is -0.152. The molecule has 3 aliphatic rings. The summed E-state index contributed by atoms with van der Waals surface area (Å²) >= 11 is 5.81. The molecule has 2 bridgehead atoms. The predicted molar refractivity (Wildman–Crippen MR) is 116 cm³/mol. The molecule has 5 rings (SSSR count). The molecular weight excluding hydrogens is 430 g/mol. The zero-order chi connectivity index (χ0) is 22.4. The van der Waals surface area contributed by atoms with E-state index in [9.17, 15) is 19.2 Å². The summed E-state index contributed by atoms with van der Waals surface area (Å²) in [4.78, 5) is 51.6. The first-order valence-electron chi connectivity index (χ1n) is 10.8. The predicted octanol–water partition coefficient (Wildman–Crippen LogP) is 3.49. The zero-order valence-electron chi connectivity index (χ0n) is 17.3. The van der Waals surface area contributed by atoms with Crippen LogP contribution < -0.4 is 0 Å². The third kappa shape index (κ3) is 3.52. The largest absolute Gasteiger partial charge is 0.456 e. The van der Waals surface area contributed by atoms with E-state index < -0.39 is 19.1 Å². The van der Waals surface area contributed by atoms with Gasteiger partial charge in [0.2, 0.25) is 11.8 Å². The lowest BCUT2D eigenvalue weighted by Crippen LogP contribution is -2.38. The van der Waals surface area contributed by atoms with Gasteiger partial charge in [-0.2, -0.15) is 0 Å². The number of carbonyl (C=O) groups excluding carboxylic acids is 4. The highest BCUT2D eigenvalue weighted by Crippen LogP contribution is 2.61. The van der Waals surface area contributed by atoms with Gasteiger partial charge in [0, 0.05) is 10.6 Å². The monoisotopic (exact) mass is 451 g/mol. The fourth-order valence-corrected chi connectivity index (χ4v) is 5.93. The molecule has 2 saturated carbocycles. The van der Waals surface area contributed by atoms with Crippen molar-refractivity contribution in [3.63, 3.8) is 0 Å². The fourth-order valence-electron chi connectivity index (χ4n) is 5.80. The number of Topliss-reactive ketones (excluding diaryl/α,β-unsaturated/α-hetero) is 1. The second kappa shape index (κ2) is 8.17. The van der Waals surface area contributed by atoms with Crippen LogP contribution in [0.2, 0.25) is 5.02 Å². The first-order valence-corrected chi connectivity index (χ1v) is 11.2. The third-order valence-corrected chi connectivity index (χ3v) is 7.40. The van der Waals surface area contributed by atoms with Crippen molar-refractivity contribution in [3.8, 4) is 0 Å². The molecular formula is C25H22ClNO5. The molecule has 3 fully saturated rings. The number of halogens is 1. The number of hydrogen-bond donors (Lipinski definition) is 0. The van der Waals surface area contributed by atoms with E-state index in [0.717, 1.165) is 17.7 Å². The van der Waals surface area contributed by atoms with Gasteiger partial charge in [0.1, 0.15) is 6.54 Å². The summed E-state index contributed by atoms with van der Waals surface area (Å²) < 4.78 is 5.06. The average molecular weight is 452 g/mol. The maximum Gasteiger partial charge on any atom is 0.326 e. The maximum absolute atomic E-state index is 13.1. The molecule has 6 nitrogen and oxygen atoms in total. The summed E-state index contributed by atoms with van der Waals surface area (Å²) in [5.74, 6) is -1.85. The van der Waals surface area contributed by atoms with E-state index in [-0.39, 0.29) is 47.2 Å². The first kappa shape index (κ1) is 20.9. The molecule has 2 amide bonds. The van der Waals surface area contributed by atoms with Crippen LogP contribution in [-0.2, 0) is 19.1 Å². The van der Waals surface area contributed by atoms with Crippen molar-refractivity contribution in [2.24, 2.45) is 23.7 Å². The number of hydrogen-bond acceptors (Lipinski definition) is 5. The van der Waals surface area contributed by atoms with Crippen LogP contribution in [0.1, 0.15) is 34.7 Å². The van der Waals surface area contributed by atoms with E-state index in [4.69, 9.17) is 16.3 Å². The smallest absolute Gasteiger partial charge is 0.326 e. The Morgan fingerprint density at radius 1 is 0.938 bits per heavy atom. The van der Waals surface area contributed by atoms with Crippen molar-refractivity contribution in [1.29, 1.82) is 0 Å². The second-order valence-corrected chi connectivity index (χ2v) is 9.25. The number of rotatable bonds is 6. The Bertz CT molecular complexity index is 1080. The minimum Gasteiger partial charge on any atom is -0.456 e. The summed E-state index contributed by atoms with van der Waals surface area (Å²) in [6.45, 7) is -0.904. The Kier molecular flexibility index (Phi) is 5.33. The summed E-state index contributed by atoms with van der Waals surface area (Å²) in [6.07, 6.45) is 1.77. The molecule has 7 heteroatoms. The highest BCUT2D eigenvalue weighted by molar-refractivity contribution is 6.30. The topological polar surface area (TPSA) is 80.8 Å². The molecule has 5 atom stereocenters. The third-order valence-electron chi connectivity index (χ3n) is 7.15. The lowest BCUT2D eigenvalue weighted by atomic mass is 9.73. The molecule has 1 saturated heterocycles. The van der Waals surface area contributed by atoms with E-state index >= 15 is 0 Å². The number of likely N-dealkylation sites (tertiary alicyclic amines) is 1. The number of benzene rings is 2. The van der Waals surface area contributed by atoms with Gasteiger partial charge in [0.05, 0.1) is 11.8 Å². The van der Waals surface area contributed by atoms with Crippen LogP contribution >= 0.6 is 11.6 Å². The van der Waals surface area contributed by atoms with Crippen LogP contribution in [0.5, 0.6) is 0 Å². The normalized spacial score (nSPS) is 28.2. The Morgan fingerprint density at radius 3 is 2.34 bits per heavy atom. The maximum atomic E-state index is 13.1. The molecule has 0 radical (unpaired) electrons. The van der Waals surface area contributed by atoms with Crippen molar-refractivity contribution >= 4 is 35.2 Å². The lowest BCUT2D eigenvalue weighted by Gasteiger charge is -2.28. The summed E-state index contributed by atoms with van der Waals surface area (Å²) in [5, 5.41) is 0.499. The van der Waals surface area contributed by atoms with E-state index in [2.05, 4.69) is 12.1 Å². The SMILES string of the molecule is O=C(CN1C(=O)[C@@H]2[C@@H]3C[C@@H]([C@@H]2C1=O)[C@H](c1ccccc1)C3)OCC(=O)c1ccc(Cl)cc1. The van der Waals surface area contributed by atoms with Gasteiger partial charge in [-0.1, -0.05) is 41.9 Å². The zero-order valence-corrected chi connectivity index (χ0v) is 18.0. The van der Waals surface area contributed by atoms with Gasteiger partial charge in [0.25, 0.3) is 0 Å². The number of ketones is 1. The number of esters is 1. The van der Waals surface area contributed by atoms with Crippen LogP contribution in [0.25, 0.3) is 0 Å². The van der Waals surface area contributed by atoms with E-state index in [1.165, 1.54) is 5.56 Å². The molecule has 2 aromatic rings. The van der Waals surface area contributed by atoms with Gasteiger partial charge >= 0.3 is 5.97 Å². The van der Waals surface area contributed by atoms with Gasteiger partial charge in [-0.25, -0.2) is 0 Å². The number of nitrogens with zero attached hydrogens (tertiary/aromatic N) is 1. The van der Waals surface area contributed by atoms with Gasteiger partial charge in [-0.15, -0.1) is 0 Å². The van der Waals surface area contributed by atoms with Gasteiger partial charge < -0.3 is 4.74 Å². The van der Waals surface area contributed by atoms with E-state index in [0.29, 0.717) is 10.6 Å². The first-order chi connectivity index (χ1) is 15.4. The number of fused-ring (bicyclic) bond motifs is 5. The van der Waals surface area contributed by atoms with Crippen molar-refractivity contribution in [3.05, 3.63) is 70.7 Å². The van der Waals surface area contributed by atoms with Gasteiger partial charge in [-0.3, -0.25) is 24.1 Å². The Labute approximate surface area is 190 Å². The Morgan fingerprint density at radius 2 is 1.62 bits per heavy atom. The molecule has 0 aromatic heterocycles. The number of carbonyl (C=O) groups is 4. The number of ether oxygens (including phenoxy) is 1. The number of amides is 2. The van der Waals surface area contributed by atoms with Gasteiger partial charge in [0.15, 0.2) is 12.4 Å². The molecule has 0 N–H and O–H groups in total. The summed E-state index contributed by atoms with van der Waals surface area (Å²) in [7, 11) is 0. The highest BCUT2D eigenvalue weighted by Gasteiger charge is 2.64. The standard InChI is InChI=1S/C25H22ClNO5/c26-17-8-6-15(7-9-17)20(28)13-32-21(29)12-27-24(30)22-16-10-18(14-4-2-1-3-5-14)19(11-16)23(22)25(27)31/h1-9,16,18-19,22-23H,10-13H2/t16-,18-,19+,22+,23-/m0/s1. The summed E-state index contributed by atoms with van der Waals surface area (Å²) in [5.41, 5.74) is 1.57. The molecule has 2 aliphatic carbocycles. The van der Waals surface area contributed by atoms with Crippen LogP contribution in [0.3, 0.4) is 0 Å². The fraction of sp³-hybridized carbons (Fsp3) is 0.360. The van der Waals surface area contributed by atoms with Crippen LogP contribution in [0.15, 0.2) is 54.6 Å². The second-order valence-electron chi connectivity index (χ2n) is 8.82. The molecule has 2 aromatic carbocycles. The van der Waals surface area contributed by atoms with Crippen molar-refractivity contribution in [1.82, 2.24) is 4.90 Å². The Balaban J connectivity index is 1.22. The highest BCUT2D eigenvalue weighted by atomic mass is 35.5. The quantitative estimate of drug-likeness (QED) is 0.381. The molecule has 1 aliphatic heterocycles. The van der Waals surface area contributed by atoms with Crippen molar-refractivity contribution in [2.45, 2.75) is 18.8 Å². The minimum atomic E-state index is -0.763. The average Bonchev–Trinajstić information content (AvgIpc) is 3.46. The van der Waals surface area contributed by atoms with Crippen LogP contribution in [0, 0.1) is 23.7 Å². The Hall–Kier alpha value is -2.99. The van der Waals surface area contributed by atoms with Crippen LogP contribution in [-0.4, -0.2) is 41.6 Å². The van der Waals surface area contributed by atoms with Crippen molar-refractivity contribution < 1.29 is 23.9 Å². The minimum absolute atomic E-state index is 0.122. The molecule has 0 unspecified atom stereocenters. The van der Waals surface area contributed by atoms with Crippen molar-refractivity contribution in [2.75, 3.05) is 13.2 Å². The molecule has 32 heavy (non-hydrogen) atoms. The summed E-state index contributed by atoms with van der Waals surface area (Å²) in [6, 6.07) is 16.4.